The monoisotopic (exact) mass is 462 g/mol. The average molecular weight is 463 g/mol. The summed E-state index contributed by atoms with van der Waals surface area (Å²) < 4.78 is 6.03. The number of ether oxygens (including phenoxy) is 1. The van der Waals surface area contributed by atoms with Crippen molar-refractivity contribution in [3.8, 4) is 5.75 Å². The first kappa shape index (κ1) is 23.3. The minimum absolute atomic E-state index is 0.203. The molecule has 5 rings (SSSR count). The van der Waals surface area contributed by atoms with Gasteiger partial charge in [-0.1, -0.05) is 26.0 Å². The molecule has 1 atom stereocenters. The zero-order valence-electron chi connectivity index (χ0n) is 20.7. The van der Waals surface area contributed by atoms with Crippen LogP contribution in [0.2, 0.25) is 0 Å². The molecule has 182 valence electrons. The number of nitrogens with zero attached hydrogens (tertiary/aromatic N) is 4. The fraction of sp³-hybridized carbons (Fsp3) is 0.571. The minimum Gasteiger partial charge on any atom is -0.491 e. The number of aromatic nitrogens is 1. The fourth-order valence-electron chi connectivity index (χ4n) is 5.77. The maximum atomic E-state index is 13.3. The second kappa shape index (κ2) is 10.0. The van der Waals surface area contributed by atoms with E-state index in [-0.39, 0.29) is 11.3 Å². The number of fused-ring (bicyclic) bond motifs is 1. The third-order valence-electron chi connectivity index (χ3n) is 8.30. The van der Waals surface area contributed by atoms with Crippen molar-refractivity contribution in [3.05, 3.63) is 59.4 Å². The highest BCUT2D eigenvalue weighted by Gasteiger charge is 2.56. The Hall–Kier alpha value is -2.44. The molecule has 0 N–H and O–H groups in total. The SMILES string of the molecule is CCC1(CC)CC1C(=O)N1CCOc2ccc(CN3CCN(Cc4ccccn4)CC3)cc2C1. The zero-order chi connectivity index (χ0) is 23.5. The molecule has 2 fully saturated rings. The maximum absolute atomic E-state index is 13.3. The maximum Gasteiger partial charge on any atom is 0.226 e. The summed E-state index contributed by atoms with van der Waals surface area (Å²) in [7, 11) is 0. The van der Waals surface area contributed by atoms with Crippen LogP contribution in [0, 0.1) is 11.3 Å². The second-order valence-electron chi connectivity index (χ2n) is 10.2. The van der Waals surface area contributed by atoms with Crippen molar-refractivity contribution in [1.82, 2.24) is 19.7 Å². The molecule has 6 nitrogen and oxygen atoms in total. The number of hydrogen-bond acceptors (Lipinski definition) is 5. The molecule has 3 aliphatic rings. The molecular weight excluding hydrogens is 424 g/mol. The summed E-state index contributed by atoms with van der Waals surface area (Å²) in [5, 5.41) is 0. The quantitative estimate of drug-likeness (QED) is 0.624. The van der Waals surface area contributed by atoms with Gasteiger partial charge in [0.15, 0.2) is 0 Å². The number of amides is 1. The molecule has 0 bridgehead atoms. The van der Waals surface area contributed by atoms with Crippen molar-refractivity contribution < 1.29 is 9.53 Å². The lowest BCUT2D eigenvalue weighted by Crippen LogP contribution is -2.45. The van der Waals surface area contributed by atoms with E-state index in [0.717, 1.165) is 75.5 Å². The molecule has 1 amide bonds. The van der Waals surface area contributed by atoms with Gasteiger partial charge in [0, 0.05) is 63.5 Å². The van der Waals surface area contributed by atoms with Gasteiger partial charge < -0.3 is 9.64 Å². The van der Waals surface area contributed by atoms with Crippen molar-refractivity contribution in [1.29, 1.82) is 0 Å². The van der Waals surface area contributed by atoms with Gasteiger partial charge >= 0.3 is 0 Å². The first-order chi connectivity index (χ1) is 16.6. The highest BCUT2D eigenvalue weighted by molar-refractivity contribution is 5.83. The Morgan fingerprint density at radius 3 is 2.47 bits per heavy atom. The van der Waals surface area contributed by atoms with Gasteiger partial charge in [-0.15, -0.1) is 0 Å². The zero-order valence-corrected chi connectivity index (χ0v) is 20.7. The normalized spacial score (nSPS) is 22.5. The van der Waals surface area contributed by atoms with Crippen LogP contribution < -0.4 is 4.74 Å². The average Bonchev–Trinajstić information content (AvgIpc) is 3.64. The van der Waals surface area contributed by atoms with Crippen LogP contribution in [-0.2, 0) is 24.4 Å². The fourth-order valence-corrected chi connectivity index (χ4v) is 5.77. The number of piperazine rings is 1. The molecular formula is C28H38N4O2. The van der Waals surface area contributed by atoms with Crippen molar-refractivity contribution in [3.63, 3.8) is 0 Å². The van der Waals surface area contributed by atoms with Crippen LogP contribution in [0.3, 0.4) is 0 Å². The molecule has 1 aromatic heterocycles. The third kappa shape index (κ3) is 4.98. The van der Waals surface area contributed by atoms with Crippen molar-refractivity contribution in [2.45, 2.75) is 52.7 Å². The van der Waals surface area contributed by atoms with E-state index in [0.29, 0.717) is 25.6 Å². The Morgan fingerprint density at radius 2 is 1.79 bits per heavy atom. The van der Waals surface area contributed by atoms with Crippen LogP contribution in [0.25, 0.3) is 0 Å². The first-order valence-corrected chi connectivity index (χ1v) is 13.0. The molecule has 2 aliphatic heterocycles. The van der Waals surface area contributed by atoms with E-state index in [1.54, 1.807) is 0 Å². The molecule has 6 heteroatoms. The van der Waals surface area contributed by atoms with Crippen LogP contribution in [-0.4, -0.2) is 64.9 Å². The number of carbonyl (C=O) groups is 1. The van der Waals surface area contributed by atoms with Crippen LogP contribution in [0.1, 0.15) is 49.9 Å². The molecule has 34 heavy (non-hydrogen) atoms. The van der Waals surface area contributed by atoms with Gasteiger partial charge in [0.1, 0.15) is 12.4 Å². The third-order valence-corrected chi connectivity index (χ3v) is 8.30. The van der Waals surface area contributed by atoms with Crippen LogP contribution >= 0.6 is 0 Å². The van der Waals surface area contributed by atoms with Gasteiger partial charge in [-0.25, -0.2) is 0 Å². The minimum atomic E-state index is 0.203. The summed E-state index contributed by atoms with van der Waals surface area (Å²) in [5.41, 5.74) is 3.84. The van der Waals surface area contributed by atoms with Gasteiger partial charge in [-0.2, -0.15) is 0 Å². The van der Waals surface area contributed by atoms with E-state index in [1.807, 2.05) is 17.2 Å². The van der Waals surface area contributed by atoms with Gasteiger partial charge in [-0.3, -0.25) is 19.6 Å². The largest absolute Gasteiger partial charge is 0.491 e. The molecule has 1 unspecified atom stereocenters. The highest BCUT2D eigenvalue weighted by Crippen LogP contribution is 2.58. The molecule has 0 spiro atoms. The molecule has 1 aromatic carbocycles. The predicted octanol–water partition coefficient (Wildman–Crippen LogP) is 3.95. The molecule has 2 aromatic rings. The van der Waals surface area contributed by atoms with E-state index < -0.39 is 0 Å². The van der Waals surface area contributed by atoms with Gasteiger partial charge in [0.05, 0.1) is 12.2 Å². The Balaban J connectivity index is 1.18. The number of benzene rings is 1. The van der Waals surface area contributed by atoms with Crippen LogP contribution in [0.4, 0.5) is 0 Å². The lowest BCUT2D eigenvalue weighted by molar-refractivity contribution is -0.134. The number of carbonyl (C=O) groups excluding carboxylic acids is 1. The van der Waals surface area contributed by atoms with Gasteiger partial charge in [0.25, 0.3) is 0 Å². The molecule has 1 saturated carbocycles. The van der Waals surface area contributed by atoms with Gasteiger partial charge in [-0.05, 0) is 54.5 Å². The predicted molar refractivity (Wildman–Crippen MR) is 133 cm³/mol. The van der Waals surface area contributed by atoms with E-state index >= 15 is 0 Å². The highest BCUT2D eigenvalue weighted by atomic mass is 16.5. The summed E-state index contributed by atoms with van der Waals surface area (Å²) in [6, 6.07) is 12.7. The van der Waals surface area contributed by atoms with Gasteiger partial charge in [0.2, 0.25) is 5.91 Å². The van der Waals surface area contributed by atoms with Crippen molar-refractivity contribution in [2.75, 3.05) is 39.3 Å². The summed E-state index contributed by atoms with van der Waals surface area (Å²) in [6.45, 7) is 12.5. The smallest absolute Gasteiger partial charge is 0.226 e. The lowest BCUT2D eigenvalue weighted by Gasteiger charge is -2.34. The molecule has 3 heterocycles. The van der Waals surface area contributed by atoms with E-state index in [9.17, 15) is 4.79 Å². The Labute approximate surface area is 203 Å². The van der Waals surface area contributed by atoms with E-state index in [2.05, 4.69) is 59.0 Å². The van der Waals surface area contributed by atoms with Crippen LogP contribution in [0.15, 0.2) is 42.6 Å². The molecule has 1 saturated heterocycles. The Morgan fingerprint density at radius 1 is 1.03 bits per heavy atom. The first-order valence-electron chi connectivity index (χ1n) is 13.0. The molecule has 1 aliphatic carbocycles. The van der Waals surface area contributed by atoms with Crippen LogP contribution in [0.5, 0.6) is 5.75 Å². The van der Waals surface area contributed by atoms with Crippen molar-refractivity contribution >= 4 is 5.91 Å². The second-order valence-corrected chi connectivity index (χ2v) is 10.2. The number of hydrogen-bond donors (Lipinski definition) is 0. The summed E-state index contributed by atoms with van der Waals surface area (Å²) in [5.74, 6) is 1.47. The number of rotatable bonds is 7. The molecule has 0 radical (unpaired) electrons. The van der Waals surface area contributed by atoms with Crippen molar-refractivity contribution in [2.24, 2.45) is 11.3 Å². The summed E-state index contributed by atoms with van der Waals surface area (Å²) in [6.07, 6.45) is 5.12. The lowest BCUT2D eigenvalue weighted by atomic mass is 9.96. The Bertz CT molecular complexity index is 983. The Kier molecular flexibility index (Phi) is 6.89. The van der Waals surface area contributed by atoms with E-state index in [1.165, 1.54) is 5.56 Å². The number of pyridine rings is 1. The van der Waals surface area contributed by atoms with E-state index in [4.69, 9.17) is 4.74 Å². The topological polar surface area (TPSA) is 48.9 Å². The summed E-state index contributed by atoms with van der Waals surface area (Å²) >= 11 is 0. The summed E-state index contributed by atoms with van der Waals surface area (Å²) in [4.78, 5) is 24.8. The standard InChI is InChI=1S/C28H38N4O2/c1-3-28(4-2)18-25(28)27(33)32-15-16-34-26-9-8-22(17-23(26)20-32)19-30-11-13-31(14-12-30)21-24-7-5-6-10-29-24/h5-10,17,25H,3-4,11-16,18-21H2,1-2H3.